The number of hydrogen-bond acceptors (Lipinski definition) is 5. The Morgan fingerprint density at radius 3 is 2.33 bits per heavy atom. The average molecular weight is 336 g/mol. The van der Waals surface area contributed by atoms with Crippen molar-refractivity contribution in [2.45, 2.75) is 33.4 Å². The van der Waals surface area contributed by atoms with Crippen molar-refractivity contribution < 1.29 is 23.9 Å². The minimum Gasteiger partial charge on any atom is -0.465 e. The lowest BCUT2D eigenvalue weighted by atomic mass is 10.0. The van der Waals surface area contributed by atoms with Gasteiger partial charge in [0, 0.05) is 0 Å². The van der Waals surface area contributed by atoms with Crippen molar-refractivity contribution in [1.82, 2.24) is 10.6 Å². The fourth-order valence-electron chi connectivity index (χ4n) is 1.91. The van der Waals surface area contributed by atoms with Crippen LogP contribution in [0.1, 0.15) is 26.3 Å². The van der Waals surface area contributed by atoms with Crippen LogP contribution in [0.25, 0.3) is 0 Å². The van der Waals surface area contributed by atoms with Crippen LogP contribution in [0, 0.1) is 5.92 Å². The van der Waals surface area contributed by atoms with Crippen molar-refractivity contribution >= 4 is 18.0 Å². The van der Waals surface area contributed by atoms with E-state index in [2.05, 4.69) is 10.6 Å². The highest BCUT2D eigenvalue weighted by atomic mass is 16.5. The number of carbonyl (C=O) groups excluding carboxylic acids is 3. The van der Waals surface area contributed by atoms with E-state index < -0.39 is 24.0 Å². The summed E-state index contributed by atoms with van der Waals surface area (Å²) in [5, 5.41) is 4.96. The number of carbonyl (C=O) groups is 3. The van der Waals surface area contributed by atoms with Gasteiger partial charge in [-0.1, -0.05) is 44.2 Å². The third-order valence-electron chi connectivity index (χ3n) is 3.15. The number of esters is 1. The summed E-state index contributed by atoms with van der Waals surface area (Å²) in [7, 11) is 0. The molecule has 7 heteroatoms. The van der Waals surface area contributed by atoms with Gasteiger partial charge in [0.15, 0.2) is 0 Å². The molecule has 0 bridgehead atoms. The first-order valence-electron chi connectivity index (χ1n) is 7.84. The quantitative estimate of drug-likeness (QED) is 0.704. The predicted octanol–water partition coefficient (Wildman–Crippen LogP) is 1.62. The molecule has 0 heterocycles. The van der Waals surface area contributed by atoms with Crippen LogP contribution in [-0.2, 0) is 25.7 Å². The first kappa shape index (κ1) is 19.5. The molecule has 1 rings (SSSR count). The van der Waals surface area contributed by atoms with E-state index in [1.165, 1.54) is 0 Å². The summed E-state index contributed by atoms with van der Waals surface area (Å²) in [4.78, 5) is 35.3. The SMILES string of the molecule is CCOC(=O)CNC(=O)C(NC(=O)OCc1ccccc1)C(C)C. The number of benzene rings is 1. The molecule has 7 nitrogen and oxygen atoms in total. The van der Waals surface area contributed by atoms with Crippen LogP contribution in [0.5, 0.6) is 0 Å². The molecule has 0 aliphatic carbocycles. The second kappa shape index (κ2) is 10.3. The van der Waals surface area contributed by atoms with Gasteiger partial charge in [-0.3, -0.25) is 9.59 Å². The summed E-state index contributed by atoms with van der Waals surface area (Å²) in [5.74, 6) is -1.16. The van der Waals surface area contributed by atoms with Crippen LogP contribution >= 0.6 is 0 Å². The van der Waals surface area contributed by atoms with Crippen LogP contribution in [0.15, 0.2) is 30.3 Å². The van der Waals surface area contributed by atoms with Gasteiger partial charge in [0.1, 0.15) is 19.2 Å². The zero-order valence-corrected chi connectivity index (χ0v) is 14.2. The van der Waals surface area contributed by atoms with E-state index in [1.54, 1.807) is 20.8 Å². The smallest absolute Gasteiger partial charge is 0.408 e. The Morgan fingerprint density at radius 2 is 1.75 bits per heavy atom. The number of amides is 2. The van der Waals surface area contributed by atoms with Gasteiger partial charge in [-0.2, -0.15) is 0 Å². The molecule has 0 aliphatic rings. The number of ether oxygens (including phenoxy) is 2. The number of hydrogen-bond donors (Lipinski definition) is 2. The zero-order valence-electron chi connectivity index (χ0n) is 14.2. The Morgan fingerprint density at radius 1 is 1.08 bits per heavy atom. The van der Waals surface area contributed by atoms with Gasteiger partial charge in [-0.25, -0.2) is 4.79 Å². The van der Waals surface area contributed by atoms with Gasteiger partial charge in [-0.15, -0.1) is 0 Å². The van der Waals surface area contributed by atoms with E-state index in [1.807, 2.05) is 30.3 Å². The maximum atomic E-state index is 12.1. The minimum absolute atomic E-state index is 0.113. The fraction of sp³-hybridized carbons (Fsp3) is 0.471. The highest BCUT2D eigenvalue weighted by molar-refractivity contribution is 5.88. The highest BCUT2D eigenvalue weighted by Gasteiger charge is 2.25. The summed E-state index contributed by atoms with van der Waals surface area (Å²) in [6, 6.07) is 8.42. The van der Waals surface area contributed by atoms with Crippen LogP contribution in [0.3, 0.4) is 0 Å². The average Bonchev–Trinajstić information content (AvgIpc) is 2.56. The standard InChI is InChI=1S/C17H24N2O5/c1-4-23-14(20)10-18-16(21)15(12(2)3)19-17(22)24-11-13-8-6-5-7-9-13/h5-9,12,15H,4,10-11H2,1-3H3,(H,18,21)(H,19,22). The van der Waals surface area contributed by atoms with Crippen LogP contribution < -0.4 is 10.6 Å². The molecule has 1 unspecified atom stereocenters. The van der Waals surface area contributed by atoms with Gasteiger partial charge >= 0.3 is 12.1 Å². The van der Waals surface area contributed by atoms with Crippen LogP contribution in [-0.4, -0.2) is 37.2 Å². The molecule has 0 spiro atoms. The molecule has 0 fully saturated rings. The molecule has 132 valence electrons. The molecule has 0 radical (unpaired) electrons. The Balaban J connectivity index is 2.47. The Bertz CT molecular complexity index is 545. The predicted molar refractivity (Wildman–Crippen MR) is 88.0 cm³/mol. The summed E-state index contributed by atoms with van der Waals surface area (Å²) in [6.07, 6.45) is -0.691. The number of alkyl carbamates (subject to hydrolysis) is 1. The third kappa shape index (κ3) is 7.13. The van der Waals surface area contributed by atoms with Crippen molar-refractivity contribution in [2.24, 2.45) is 5.92 Å². The summed E-state index contributed by atoms with van der Waals surface area (Å²) < 4.78 is 9.84. The van der Waals surface area contributed by atoms with E-state index in [0.29, 0.717) is 0 Å². The zero-order chi connectivity index (χ0) is 17.9. The number of rotatable bonds is 8. The Hall–Kier alpha value is -2.57. The molecule has 1 atom stereocenters. The van der Waals surface area contributed by atoms with Gasteiger partial charge in [-0.05, 0) is 18.4 Å². The lowest BCUT2D eigenvalue weighted by Crippen LogP contribution is -2.50. The molecule has 2 amide bonds. The third-order valence-corrected chi connectivity index (χ3v) is 3.15. The molecule has 0 aliphatic heterocycles. The summed E-state index contributed by atoms with van der Waals surface area (Å²) >= 11 is 0. The maximum Gasteiger partial charge on any atom is 0.408 e. The molecule has 1 aromatic carbocycles. The van der Waals surface area contributed by atoms with Crippen LogP contribution in [0.4, 0.5) is 4.79 Å². The normalized spacial score (nSPS) is 11.5. The van der Waals surface area contributed by atoms with Gasteiger partial charge < -0.3 is 20.1 Å². The Kier molecular flexibility index (Phi) is 8.32. The van der Waals surface area contributed by atoms with E-state index in [9.17, 15) is 14.4 Å². The summed E-state index contributed by atoms with van der Waals surface area (Å²) in [6.45, 7) is 5.37. The van der Waals surface area contributed by atoms with Gasteiger partial charge in [0.2, 0.25) is 5.91 Å². The Labute approximate surface area is 141 Å². The minimum atomic E-state index is -0.803. The van der Waals surface area contributed by atoms with Crippen molar-refractivity contribution in [3.63, 3.8) is 0 Å². The molecular weight excluding hydrogens is 312 g/mol. The molecule has 24 heavy (non-hydrogen) atoms. The highest BCUT2D eigenvalue weighted by Crippen LogP contribution is 2.04. The van der Waals surface area contributed by atoms with E-state index in [0.717, 1.165) is 5.56 Å². The molecule has 2 N–H and O–H groups in total. The van der Waals surface area contributed by atoms with Crippen molar-refractivity contribution in [3.8, 4) is 0 Å². The lowest BCUT2D eigenvalue weighted by molar-refractivity contribution is -0.143. The number of nitrogens with one attached hydrogen (secondary N) is 2. The first-order valence-corrected chi connectivity index (χ1v) is 7.84. The second-order valence-corrected chi connectivity index (χ2v) is 5.45. The molecule has 1 aromatic rings. The van der Waals surface area contributed by atoms with E-state index >= 15 is 0 Å². The molecule has 0 aromatic heterocycles. The summed E-state index contributed by atoms with van der Waals surface area (Å²) in [5.41, 5.74) is 0.848. The second-order valence-electron chi connectivity index (χ2n) is 5.45. The van der Waals surface area contributed by atoms with Crippen molar-refractivity contribution in [3.05, 3.63) is 35.9 Å². The van der Waals surface area contributed by atoms with E-state index in [4.69, 9.17) is 9.47 Å². The molecule has 0 saturated heterocycles. The van der Waals surface area contributed by atoms with E-state index in [-0.39, 0.29) is 25.7 Å². The largest absolute Gasteiger partial charge is 0.465 e. The maximum absolute atomic E-state index is 12.1. The monoisotopic (exact) mass is 336 g/mol. The lowest BCUT2D eigenvalue weighted by Gasteiger charge is -2.21. The van der Waals surface area contributed by atoms with Gasteiger partial charge in [0.25, 0.3) is 0 Å². The molecule has 0 saturated carbocycles. The van der Waals surface area contributed by atoms with Crippen molar-refractivity contribution in [1.29, 1.82) is 0 Å². The van der Waals surface area contributed by atoms with Crippen molar-refractivity contribution in [2.75, 3.05) is 13.2 Å². The van der Waals surface area contributed by atoms with Crippen LogP contribution in [0.2, 0.25) is 0 Å². The molecular formula is C17H24N2O5. The fourth-order valence-corrected chi connectivity index (χ4v) is 1.91. The van der Waals surface area contributed by atoms with Gasteiger partial charge in [0.05, 0.1) is 6.61 Å². The topological polar surface area (TPSA) is 93.7 Å². The first-order chi connectivity index (χ1) is 11.4.